The molecule has 0 aliphatic rings. The van der Waals surface area contributed by atoms with Crippen LogP contribution in [0, 0.1) is 20.8 Å². The number of carbonyl (C=O) groups is 1. The molecule has 0 fully saturated rings. The number of likely N-dealkylation sites (N-methyl/N-ethyl adjacent to an activating group) is 1. The maximum absolute atomic E-state index is 13.2. The van der Waals surface area contributed by atoms with Crippen molar-refractivity contribution in [1.29, 1.82) is 0 Å². The van der Waals surface area contributed by atoms with Crippen LogP contribution >= 0.6 is 11.3 Å². The van der Waals surface area contributed by atoms with E-state index < -0.39 is 0 Å². The van der Waals surface area contributed by atoms with Crippen molar-refractivity contribution in [2.24, 2.45) is 0 Å². The number of anilines is 1. The molecule has 0 aliphatic carbocycles. The summed E-state index contributed by atoms with van der Waals surface area (Å²) in [6.07, 6.45) is 0. The van der Waals surface area contributed by atoms with Gasteiger partial charge in [-0.1, -0.05) is 49.4 Å². The third kappa shape index (κ3) is 4.99. The number of hydrogen-bond donors (Lipinski definition) is 0. The number of fused-ring (bicyclic) bond motifs is 1. The summed E-state index contributed by atoms with van der Waals surface area (Å²) in [5.74, 6) is 0.671. The fourth-order valence-electron chi connectivity index (χ4n) is 3.37. The summed E-state index contributed by atoms with van der Waals surface area (Å²) in [6, 6.07) is 12.0. The molecule has 3 rings (SSSR count). The molecular weight excluding hydrogens is 394 g/mol. The number of benzene rings is 2. The zero-order valence-corrected chi connectivity index (χ0v) is 19.4. The van der Waals surface area contributed by atoms with Crippen LogP contribution in [0.5, 0.6) is 5.75 Å². The highest BCUT2D eigenvalue weighted by molar-refractivity contribution is 7.22. The molecule has 1 amide bonds. The fraction of sp³-hybridized carbons (Fsp3) is 0.417. The average molecular weight is 426 g/mol. The van der Waals surface area contributed by atoms with E-state index in [1.54, 1.807) is 16.2 Å². The lowest BCUT2D eigenvalue weighted by molar-refractivity contribution is -0.120. The van der Waals surface area contributed by atoms with Gasteiger partial charge in [0, 0.05) is 13.1 Å². The highest BCUT2D eigenvalue weighted by atomic mass is 32.1. The van der Waals surface area contributed by atoms with E-state index in [1.807, 2.05) is 31.2 Å². The van der Waals surface area contributed by atoms with Crippen LogP contribution in [-0.4, -0.2) is 48.6 Å². The summed E-state index contributed by atoms with van der Waals surface area (Å²) in [7, 11) is 0. The van der Waals surface area contributed by atoms with Gasteiger partial charge in [0.25, 0.3) is 5.91 Å². The first-order valence-electron chi connectivity index (χ1n) is 10.5. The first kappa shape index (κ1) is 22.2. The summed E-state index contributed by atoms with van der Waals surface area (Å²) in [5, 5.41) is 0.740. The van der Waals surface area contributed by atoms with Crippen molar-refractivity contribution in [1.82, 2.24) is 9.88 Å². The SMILES string of the molecule is CCN(CC)CCN(C(=O)COc1ccccc1C)c1nc2c(C)c(C)ccc2s1. The lowest BCUT2D eigenvalue weighted by Crippen LogP contribution is -2.41. The van der Waals surface area contributed by atoms with Gasteiger partial charge in [0.05, 0.1) is 10.2 Å². The molecule has 0 spiro atoms. The van der Waals surface area contributed by atoms with Crippen molar-refractivity contribution in [2.45, 2.75) is 34.6 Å². The standard InChI is InChI=1S/C24H31N3O2S/c1-6-26(7-2)14-15-27(22(28)16-29-20-11-9-8-10-18(20)4)24-25-23-19(5)17(3)12-13-21(23)30-24/h8-13H,6-7,14-16H2,1-5H3. The van der Waals surface area contributed by atoms with E-state index in [1.165, 1.54) is 11.1 Å². The van der Waals surface area contributed by atoms with Crippen molar-refractivity contribution < 1.29 is 9.53 Å². The molecule has 0 bridgehead atoms. The molecule has 1 heterocycles. The van der Waals surface area contributed by atoms with Crippen molar-refractivity contribution in [3.8, 4) is 5.75 Å². The molecule has 6 heteroatoms. The molecule has 0 saturated carbocycles. The lowest BCUT2D eigenvalue weighted by atomic mass is 10.1. The van der Waals surface area contributed by atoms with Gasteiger partial charge in [-0.05, 0) is 62.7 Å². The Balaban J connectivity index is 1.85. The molecule has 0 unspecified atom stereocenters. The summed E-state index contributed by atoms with van der Waals surface area (Å²) in [6.45, 7) is 13.7. The lowest BCUT2D eigenvalue weighted by Gasteiger charge is -2.24. The first-order chi connectivity index (χ1) is 14.4. The van der Waals surface area contributed by atoms with Gasteiger partial charge in [-0.25, -0.2) is 4.98 Å². The smallest absolute Gasteiger partial charge is 0.266 e. The number of amides is 1. The molecule has 1 aromatic heterocycles. The van der Waals surface area contributed by atoms with Crippen LogP contribution in [-0.2, 0) is 4.79 Å². The predicted octanol–water partition coefficient (Wildman–Crippen LogP) is 4.98. The van der Waals surface area contributed by atoms with Crippen molar-refractivity contribution >= 4 is 32.6 Å². The maximum Gasteiger partial charge on any atom is 0.266 e. The number of thiazole rings is 1. The van der Waals surface area contributed by atoms with E-state index in [0.717, 1.165) is 46.3 Å². The van der Waals surface area contributed by atoms with E-state index in [4.69, 9.17) is 9.72 Å². The van der Waals surface area contributed by atoms with Gasteiger partial charge in [-0.15, -0.1) is 0 Å². The summed E-state index contributed by atoms with van der Waals surface area (Å²) >= 11 is 1.57. The molecule has 160 valence electrons. The van der Waals surface area contributed by atoms with E-state index in [-0.39, 0.29) is 12.5 Å². The van der Waals surface area contributed by atoms with E-state index in [9.17, 15) is 4.79 Å². The zero-order valence-electron chi connectivity index (χ0n) is 18.6. The molecule has 2 aromatic carbocycles. The Hall–Kier alpha value is -2.44. The van der Waals surface area contributed by atoms with Crippen LogP contribution in [0.3, 0.4) is 0 Å². The Bertz CT molecular complexity index is 1010. The Kier molecular flexibility index (Phi) is 7.45. The minimum atomic E-state index is -0.0705. The van der Waals surface area contributed by atoms with E-state index in [2.05, 4.69) is 44.7 Å². The molecule has 0 N–H and O–H groups in total. The second kappa shape index (κ2) is 10.0. The number of hydrogen-bond acceptors (Lipinski definition) is 5. The van der Waals surface area contributed by atoms with Crippen LogP contribution in [0.15, 0.2) is 36.4 Å². The second-order valence-corrected chi connectivity index (χ2v) is 8.49. The topological polar surface area (TPSA) is 45.7 Å². The minimum Gasteiger partial charge on any atom is -0.483 e. The van der Waals surface area contributed by atoms with E-state index >= 15 is 0 Å². The first-order valence-corrected chi connectivity index (χ1v) is 11.3. The van der Waals surface area contributed by atoms with Gasteiger partial charge in [0.2, 0.25) is 0 Å². The monoisotopic (exact) mass is 425 g/mol. The highest BCUT2D eigenvalue weighted by Crippen LogP contribution is 2.32. The summed E-state index contributed by atoms with van der Waals surface area (Å²) in [5.41, 5.74) is 4.38. The Labute approximate surface area is 183 Å². The fourth-order valence-corrected chi connectivity index (χ4v) is 4.44. The Morgan fingerprint density at radius 2 is 1.73 bits per heavy atom. The van der Waals surface area contributed by atoms with Crippen LogP contribution in [0.2, 0.25) is 0 Å². The molecular formula is C24H31N3O2S. The van der Waals surface area contributed by atoms with Crippen LogP contribution < -0.4 is 9.64 Å². The third-order valence-electron chi connectivity index (χ3n) is 5.58. The molecule has 0 atom stereocenters. The molecule has 3 aromatic rings. The number of carbonyl (C=O) groups excluding carboxylic acids is 1. The molecule has 0 saturated heterocycles. The van der Waals surface area contributed by atoms with E-state index in [0.29, 0.717) is 6.54 Å². The number of rotatable bonds is 9. The predicted molar refractivity (Wildman–Crippen MR) is 126 cm³/mol. The van der Waals surface area contributed by atoms with Crippen LogP contribution in [0.25, 0.3) is 10.2 Å². The van der Waals surface area contributed by atoms with Crippen molar-refractivity contribution in [2.75, 3.05) is 37.7 Å². The zero-order chi connectivity index (χ0) is 21.7. The maximum atomic E-state index is 13.2. The van der Waals surface area contributed by atoms with Gasteiger partial charge < -0.3 is 9.64 Å². The Morgan fingerprint density at radius 3 is 2.43 bits per heavy atom. The van der Waals surface area contributed by atoms with Crippen LogP contribution in [0.4, 0.5) is 5.13 Å². The van der Waals surface area contributed by atoms with Crippen LogP contribution in [0.1, 0.15) is 30.5 Å². The van der Waals surface area contributed by atoms with Gasteiger partial charge in [-0.2, -0.15) is 0 Å². The minimum absolute atomic E-state index is 0.00294. The Morgan fingerprint density at radius 1 is 1.00 bits per heavy atom. The van der Waals surface area contributed by atoms with Gasteiger partial charge >= 0.3 is 0 Å². The third-order valence-corrected chi connectivity index (χ3v) is 6.63. The summed E-state index contributed by atoms with van der Waals surface area (Å²) < 4.78 is 6.95. The number of nitrogens with zero attached hydrogens (tertiary/aromatic N) is 3. The number of para-hydroxylation sites is 1. The molecule has 5 nitrogen and oxygen atoms in total. The molecule has 0 radical (unpaired) electrons. The average Bonchev–Trinajstić information content (AvgIpc) is 3.18. The second-order valence-electron chi connectivity index (χ2n) is 7.48. The normalized spacial score (nSPS) is 11.3. The molecule has 30 heavy (non-hydrogen) atoms. The number of aryl methyl sites for hydroxylation is 3. The van der Waals surface area contributed by atoms with Crippen molar-refractivity contribution in [3.05, 3.63) is 53.1 Å². The van der Waals surface area contributed by atoms with Gasteiger partial charge in [-0.3, -0.25) is 9.69 Å². The number of aromatic nitrogens is 1. The number of ether oxygens (including phenoxy) is 1. The van der Waals surface area contributed by atoms with Gasteiger partial charge in [0.15, 0.2) is 11.7 Å². The van der Waals surface area contributed by atoms with Gasteiger partial charge in [0.1, 0.15) is 5.75 Å². The van der Waals surface area contributed by atoms with Crippen molar-refractivity contribution in [3.63, 3.8) is 0 Å². The quantitative estimate of drug-likeness (QED) is 0.485. The summed E-state index contributed by atoms with van der Waals surface area (Å²) in [4.78, 5) is 22.1. The largest absolute Gasteiger partial charge is 0.483 e. The highest BCUT2D eigenvalue weighted by Gasteiger charge is 2.22. The molecule has 0 aliphatic heterocycles.